The van der Waals surface area contributed by atoms with Crippen molar-refractivity contribution in [3.05, 3.63) is 34.6 Å². The number of halogens is 2. The topological polar surface area (TPSA) is 94.6 Å². The van der Waals surface area contributed by atoms with Gasteiger partial charge in [0.2, 0.25) is 5.78 Å². The average Bonchev–Trinajstić information content (AvgIpc) is 2.42. The average molecular weight is 344 g/mol. The molecular formula is C14H15Cl2N3O3. The van der Waals surface area contributed by atoms with Crippen molar-refractivity contribution in [3.8, 4) is 0 Å². The number of Topliss-reactive ketones (excluding diaryl/α,β-unsaturated/α-hetero) is 1. The highest BCUT2D eigenvalue weighted by Crippen LogP contribution is 2.17. The fourth-order valence-electron chi connectivity index (χ4n) is 1.43. The number of aromatic nitrogens is 1. The number of hydrazone groups is 1. The van der Waals surface area contributed by atoms with Crippen LogP contribution in [-0.2, 0) is 9.53 Å². The van der Waals surface area contributed by atoms with Gasteiger partial charge in [0.15, 0.2) is 5.17 Å². The SMILES string of the molecule is CC(C)(C)OC(=O)/C=C/c1cnc(Cl)cc1C(=O)/C(Cl)=N/N. The molecule has 0 spiro atoms. The van der Waals surface area contributed by atoms with Crippen molar-refractivity contribution in [1.82, 2.24) is 4.98 Å². The Hall–Kier alpha value is -1.92. The number of hydrogen-bond donors (Lipinski definition) is 1. The molecule has 0 aliphatic rings. The Kier molecular flexibility index (Phi) is 6.08. The second kappa shape index (κ2) is 7.38. The molecule has 1 aromatic heterocycles. The maximum atomic E-state index is 12.0. The van der Waals surface area contributed by atoms with Gasteiger partial charge < -0.3 is 10.6 Å². The summed E-state index contributed by atoms with van der Waals surface area (Å²) in [6.45, 7) is 5.24. The Morgan fingerprint density at radius 2 is 2.05 bits per heavy atom. The summed E-state index contributed by atoms with van der Waals surface area (Å²) >= 11 is 11.4. The van der Waals surface area contributed by atoms with Gasteiger partial charge in [-0.05, 0) is 32.9 Å². The standard InChI is InChI=1S/C14H15Cl2N3O3/c1-14(2,3)22-11(20)5-4-8-7-18-10(15)6-9(8)12(21)13(16)19-17/h4-7H,17H2,1-3H3/b5-4+,19-13-. The molecule has 118 valence electrons. The lowest BCUT2D eigenvalue weighted by atomic mass is 10.1. The van der Waals surface area contributed by atoms with E-state index in [0.717, 1.165) is 0 Å². The summed E-state index contributed by atoms with van der Waals surface area (Å²) in [4.78, 5) is 27.6. The molecule has 6 nitrogen and oxygen atoms in total. The number of pyridine rings is 1. The molecule has 0 radical (unpaired) electrons. The Balaban J connectivity index is 3.10. The van der Waals surface area contributed by atoms with Crippen LogP contribution in [0.4, 0.5) is 0 Å². The van der Waals surface area contributed by atoms with E-state index in [1.807, 2.05) is 0 Å². The highest BCUT2D eigenvalue weighted by molar-refractivity contribution is 6.85. The lowest BCUT2D eigenvalue weighted by molar-refractivity contribution is -0.148. The van der Waals surface area contributed by atoms with Crippen LogP contribution < -0.4 is 5.84 Å². The number of ether oxygens (including phenoxy) is 1. The molecule has 22 heavy (non-hydrogen) atoms. The largest absolute Gasteiger partial charge is 0.457 e. The molecule has 0 amide bonds. The van der Waals surface area contributed by atoms with Crippen LogP contribution in [0.1, 0.15) is 36.7 Å². The lowest BCUT2D eigenvalue weighted by Gasteiger charge is -2.17. The van der Waals surface area contributed by atoms with Crippen molar-refractivity contribution in [2.24, 2.45) is 10.9 Å². The van der Waals surface area contributed by atoms with Crippen molar-refractivity contribution in [1.29, 1.82) is 0 Å². The lowest BCUT2D eigenvalue weighted by Crippen LogP contribution is -2.22. The quantitative estimate of drug-likeness (QED) is 0.172. The van der Waals surface area contributed by atoms with E-state index < -0.39 is 22.5 Å². The first-order chi connectivity index (χ1) is 10.1. The molecule has 8 heteroatoms. The van der Waals surface area contributed by atoms with Crippen molar-refractivity contribution in [2.75, 3.05) is 0 Å². The number of hydrogen-bond acceptors (Lipinski definition) is 6. The van der Waals surface area contributed by atoms with E-state index in [9.17, 15) is 9.59 Å². The van der Waals surface area contributed by atoms with Gasteiger partial charge in [0.05, 0.1) is 0 Å². The smallest absolute Gasteiger partial charge is 0.331 e. The number of carbonyl (C=O) groups excluding carboxylic acids is 2. The summed E-state index contributed by atoms with van der Waals surface area (Å²) in [5.41, 5.74) is -0.158. The monoisotopic (exact) mass is 343 g/mol. The van der Waals surface area contributed by atoms with Gasteiger partial charge in [-0.2, -0.15) is 5.10 Å². The first-order valence-electron chi connectivity index (χ1n) is 6.18. The van der Waals surface area contributed by atoms with Crippen molar-refractivity contribution in [3.63, 3.8) is 0 Å². The summed E-state index contributed by atoms with van der Waals surface area (Å²) in [5, 5.41) is 2.82. The number of rotatable bonds is 4. The van der Waals surface area contributed by atoms with Gasteiger partial charge in [-0.15, -0.1) is 0 Å². The van der Waals surface area contributed by atoms with Crippen LogP contribution in [0.5, 0.6) is 0 Å². The van der Waals surface area contributed by atoms with Crippen LogP contribution >= 0.6 is 23.2 Å². The highest BCUT2D eigenvalue weighted by Gasteiger charge is 2.17. The molecule has 2 N–H and O–H groups in total. The summed E-state index contributed by atoms with van der Waals surface area (Å²) in [5.74, 6) is 3.80. The number of nitrogens with two attached hydrogens (primary N) is 1. The number of nitrogens with zero attached hydrogens (tertiary/aromatic N) is 2. The van der Waals surface area contributed by atoms with E-state index in [4.69, 9.17) is 33.8 Å². The molecule has 0 bridgehead atoms. The summed E-state index contributed by atoms with van der Waals surface area (Å²) in [6.07, 6.45) is 3.89. The Morgan fingerprint density at radius 1 is 1.41 bits per heavy atom. The Morgan fingerprint density at radius 3 is 2.59 bits per heavy atom. The minimum Gasteiger partial charge on any atom is -0.457 e. The van der Waals surface area contributed by atoms with E-state index in [1.54, 1.807) is 20.8 Å². The van der Waals surface area contributed by atoms with Gasteiger partial charge in [0.1, 0.15) is 10.8 Å². The van der Waals surface area contributed by atoms with Crippen LogP contribution in [0, 0.1) is 0 Å². The van der Waals surface area contributed by atoms with Crippen molar-refractivity contribution < 1.29 is 14.3 Å². The van der Waals surface area contributed by atoms with Gasteiger partial charge in [-0.3, -0.25) is 4.79 Å². The van der Waals surface area contributed by atoms with Gasteiger partial charge in [-0.25, -0.2) is 9.78 Å². The van der Waals surface area contributed by atoms with Gasteiger partial charge in [-0.1, -0.05) is 23.2 Å². The second-order valence-electron chi connectivity index (χ2n) is 5.21. The van der Waals surface area contributed by atoms with E-state index in [1.165, 1.54) is 24.4 Å². The van der Waals surface area contributed by atoms with E-state index >= 15 is 0 Å². The maximum Gasteiger partial charge on any atom is 0.331 e. The molecule has 0 aromatic carbocycles. The van der Waals surface area contributed by atoms with Crippen LogP contribution in [0.2, 0.25) is 5.15 Å². The van der Waals surface area contributed by atoms with E-state index in [0.29, 0.717) is 5.56 Å². The van der Waals surface area contributed by atoms with Crippen LogP contribution in [-0.4, -0.2) is 27.5 Å². The zero-order chi connectivity index (χ0) is 16.9. The van der Waals surface area contributed by atoms with Crippen LogP contribution in [0.15, 0.2) is 23.4 Å². The molecule has 0 saturated carbocycles. The number of ketones is 1. The number of esters is 1. The summed E-state index contributed by atoms with van der Waals surface area (Å²) in [6, 6.07) is 1.31. The maximum absolute atomic E-state index is 12.0. The van der Waals surface area contributed by atoms with Crippen LogP contribution in [0.3, 0.4) is 0 Å². The predicted molar refractivity (Wildman–Crippen MR) is 85.9 cm³/mol. The molecule has 0 unspecified atom stereocenters. The molecule has 1 rings (SSSR count). The molecule has 1 aromatic rings. The predicted octanol–water partition coefficient (Wildman–Crippen LogP) is 2.78. The zero-order valence-corrected chi connectivity index (χ0v) is 13.8. The third-order valence-electron chi connectivity index (χ3n) is 2.25. The van der Waals surface area contributed by atoms with E-state index in [2.05, 4.69) is 10.1 Å². The molecule has 0 atom stereocenters. The van der Waals surface area contributed by atoms with Crippen molar-refractivity contribution >= 4 is 46.2 Å². The molecule has 0 aliphatic heterocycles. The molecular weight excluding hydrogens is 329 g/mol. The zero-order valence-electron chi connectivity index (χ0n) is 12.3. The second-order valence-corrected chi connectivity index (χ2v) is 5.96. The van der Waals surface area contributed by atoms with Gasteiger partial charge >= 0.3 is 5.97 Å². The summed E-state index contributed by atoms with van der Waals surface area (Å²) in [7, 11) is 0. The molecule has 0 fully saturated rings. The normalized spacial score (nSPS) is 12.5. The fraction of sp³-hybridized carbons (Fsp3) is 0.286. The third kappa shape index (κ3) is 5.46. The minimum atomic E-state index is -0.627. The molecule has 0 aliphatic carbocycles. The first-order valence-corrected chi connectivity index (χ1v) is 6.94. The van der Waals surface area contributed by atoms with Crippen LogP contribution in [0.25, 0.3) is 6.08 Å². The highest BCUT2D eigenvalue weighted by atomic mass is 35.5. The Labute approximate surface area is 137 Å². The van der Waals surface area contributed by atoms with Gasteiger partial charge in [0.25, 0.3) is 0 Å². The fourth-order valence-corrected chi connectivity index (χ4v) is 1.69. The third-order valence-corrected chi connectivity index (χ3v) is 2.73. The molecule has 0 saturated heterocycles. The van der Waals surface area contributed by atoms with Gasteiger partial charge in [0, 0.05) is 23.4 Å². The molecule has 1 heterocycles. The summed E-state index contributed by atoms with van der Waals surface area (Å²) < 4.78 is 5.13. The van der Waals surface area contributed by atoms with E-state index in [-0.39, 0.29) is 10.7 Å². The number of carbonyl (C=O) groups is 2. The first kappa shape index (κ1) is 18.1. The van der Waals surface area contributed by atoms with Crippen molar-refractivity contribution in [2.45, 2.75) is 26.4 Å². The minimum absolute atomic E-state index is 0.0965. The Bertz CT molecular complexity index is 649.